The van der Waals surface area contributed by atoms with E-state index < -0.39 is 0 Å². The van der Waals surface area contributed by atoms with Crippen LogP contribution in [0.4, 0.5) is 0 Å². The van der Waals surface area contributed by atoms with E-state index in [1.807, 2.05) is 23.2 Å². The molecule has 0 spiro atoms. The van der Waals surface area contributed by atoms with Crippen LogP contribution in [-0.2, 0) is 6.42 Å². The highest BCUT2D eigenvalue weighted by molar-refractivity contribution is 6.30. The monoisotopic (exact) mass is 356 g/mol. The van der Waals surface area contributed by atoms with Crippen molar-refractivity contribution in [1.29, 1.82) is 0 Å². The minimum absolute atomic E-state index is 0.0864. The molecular weight excluding hydrogens is 336 g/mol. The Morgan fingerprint density at radius 1 is 1.24 bits per heavy atom. The Hall–Kier alpha value is -2.04. The van der Waals surface area contributed by atoms with Crippen molar-refractivity contribution in [3.63, 3.8) is 0 Å². The van der Waals surface area contributed by atoms with Gasteiger partial charge in [0.25, 0.3) is 0 Å². The van der Waals surface area contributed by atoms with Crippen LogP contribution in [0, 0.1) is 5.92 Å². The molecule has 1 N–H and O–H groups in total. The quantitative estimate of drug-likeness (QED) is 0.909. The molecule has 2 aliphatic rings. The van der Waals surface area contributed by atoms with Crippen LogP contribution in [0.3, 0.4) is 0 Å². The Labute approximate surface area is 152 Å². The highest BCUT2D eigenvalue weighted by atomic mass is 35.5. The summed E-state index contributed by atoms with van der Waals surface area (Å²) in [6.45, 7) is 0.613. The lowest BCUT2D eigenvalue weighted by Crippen LogP contribution is -2.30. The molecule has 0 bridgehead atoms. The van der Waals surface area contributed by atoms with E-state index in [0.717, 1.165) is 29.3 Å². The van der Waals surface area contributed by atoms with Crippen LogP contribution in [0.5, 0.6) is 5.75 Å². The second kappa shape index (κ2) is 6.70. The smallest absolute Gasteiger partial charge is 0.119 e. The van der Waals surface area contributed by atoms with Gasteiger partial charge in [0.15, 0.2) is 0 Å². The van der Waals surface area contributed by atoms with Crippen molar-refractivity contribution < 1.29 is 9.84 Å². The largest absolute Gasteiger partial charge is 0.497 e. The molecule has 2 aromatic carbocycles. The highest BCUT2D eigenvalue weighted by Gasteiger charge is 2.41. The normalized spacial score (nSPS) is 21.6. The first-order valence-corrected chi connectivity index (χ1v) is 8.98. The molecule has 0 fully saturated rings. The van der Waals surface area contributed by atoms with E-state index in [1.165, 1.54) is 16.7 Å². The number of methoxy groups -OCH3 is 1. The lowest BCUT2D eigenvalue weighted by atomic mass is 9.77. The summed E-state index contributed by atoms with van der Waals surface area (Å²) in [5, 5.41) is 17.1. The maximum atomic E-state index is 9.48. The molecule has 4 rings (SSSR count). The first-order chi connectivity index (χ1) is 12.2. The van der Waals surface area contributed by atoms with Gasteiger partial charge in [0.1, 0.15) is 5.75 Å². The van der Waals surface area contributed by atoms with Gasteiger partial charge in [-0.25, -0.2) is 0 Å². The average Bonchev–Trinajstić information content (AvgIpc) is 3.00. The third-order valence-electron chi connectivity index (χ3n) is 5.14. The fraction of sp³-hybridized carbons (Fsp3) is 0.350. The highest BCUT2D eigenvalue weighted by Crippen LogP contribution is 2.43. The van der Waals surface area contributed by atoms with Crippen LogP contribution in [0.2, 0.25) is 5.02 Å². The molecule has 0 aromatic heterocycles. The standard InChI is InChI=1S/C20H21ClN2O2/c1-25-16-7-9-17-14(12-16)4-8-18-19(17)22-23(10-11-24)20(18)13-2-5-15(21)6-3-13/h2-3,5-7,9,12,18,20,24H,4,8,10-11H2,1H3/t18-,20-/m1/s1. The number of aryl methyl sites for hydroxylation is 1. The number of fused-ring (bicyclic) bond motifs is 3. The fourth-order valence-electron chi connectivity index (χ4n) is 4.00. The van der Waals surface area contributed by atoms with Gasteiger partial charge in [-0.2, -0.15) is 5.10 Å². The van der Waals surface area contributed by atoms with Crippen LogP contribution in [0.1, 0.15) is 29.2 Å². The molecule has 0 amide bonds. The molecule has 1 aliphatic carbocycles. The van der Waals surface area contributed by atoms with Gasteiger partial charge in [-0.1, -0.05) is 23.7 Å². The molecule has 0 radical (unpaired) electrons. The first kappa shape index (κ1) is 16.4. The van der Waals surface area contributed by atoms with E-state index in [1.54, 1.807) is 7.11 Å². The number of hydrogen-bond donors (Lipinski definition) is 1. The van der Waals surface area contributed by atoms with Gasteiger partial charge in [0.2, 0.25) is 0 Å². The number of rotatable bonds is 4. The van der Waals surface area contributed by atoms with Crippen LogP contribution in [-0.4, -0.2) is 36.1 Å². The maximum absolute atomic E-state index is 9.48. The predicted molar refractivity (Wildman–Crippen MR) is 99.3 cm³/mol. The van der Waals surface area contributed by atoms with E-state index in [-0.39, 0.29) is 12.6 Å². The molecule has 5 heteroatoms. The van der Waals surface area contributed by atoms with Crippen molar-refractivity contribution in [1.82, 2.24) is 5.01 Å². The van der Waals surface area contributed by atoms with Crippen molar-refractivity contribution in [2.24, 2.45) is 11.0 Å². The Morgan fingerprint density at radius 3 is 2.76 bits per heavy atom. The van der Waals surface area contributed by atoms with Crippen LogP contribution in [0.15, 0.2) is 47.6 Å². The maximum Gasteiger partial charge on any atom is 0.119 e. The van der Waals surface area contributed by atoms with E-state index in [9.17, 15) is 5.11 Å². The second-order valence-electron chi connectivity index (χ2n) is 6.54. The summed E-state index contributed by atoms with van der Waals surface area (Å²) < 4.78 is 5.36. The number of benzene rings is 2. The zero-order valence-electron chi connectivity index (χ0n) is 14.2. The number of nitrogens with zero attached hydrogens (tertiary/aromatic N) is 2. The zero-order valence-corrected chi connectivity index (χ0v) is 14.9. The number of hydrogen-bond acceptors (Lipinski definition) is 4. The summed E-state index contributed by atoms with van der Waals surface area (Å²) in [5.74, 6) is 1.21. The lowest BCUT2D eigenvalue weighted by molar-refractivity contribution is 0.152. The van der Waals surface area contributed by atoms with E-state index in [2.05, 4.69) is 24.3 Å². The van der Waals surface area contributed by atoms with E-state index in [0.29, 0.717) is 12.5 Å². The minimum atomic E-state index is 0.0864. The predicted octanol–water partition coefficient (Wildman–Crippen LogP) is 3.66. The molecule has 4 nitrogen and oxygen atoms in total. The van der Waals surface area contributed by atoms with Crippen molar-refractivity contribution in [2.75, 3.05) is 20.3 Å². The van der Waals surface area contributed by atoms with Gasteiger partial charge < -0.3 is 9.84 Å². The SMILES string of the molecule is COc1ccc2c(c1)CC[C@@H]1C2=NN(CCO)[C@@H]1c1ccc(Cl)cc1. The third-order valence-corrected chi connectivity index (χ3v) is 5.40. The van der Waals surface area contributed by atoms with Gasteiger partial charge in [-0.15, -0.1) is 0 Å². The summed E-state index contributed by atoms with van der Waals surface area (Å²) in [5.41, 5.74) is 4.81. The molecule has 0 saturated carbocycles. The van der Waals surface area contributed by atoms with Gasteiger partial charge in [-0.05, 0) is 54.3 Å². The zero-order chi connectivity index (χ0) is 17.4. The summed E-state index contributed by atoms with van der Waals surface area (Å²) in [4.78, 5) is 0. The lowest BCUT2D eigenvalue weighted by Gasteiger charge is -2.30. The third kappa shape index (κ3) is 2.90. The molecule has 2 aromatic rings. The van der Waals surface area contributed by atoms with Crippen molar-refractivity contribution >= 4 is 17.3 Å². The van der Waals surface area contributed by atoms with Gasteiger partial charge in [0.05, 0.1) is 32.0 Å². The Bertz CT molecular complexity index is 804. The number of aliphatic hydroxyl groups excluding tert-OH is 1. The van der Waals surface area contributed by atoms with Gasteiger partial charge >= 0.3 is 0 Å². The molecule has 0 unspecified atom stereocenters. The van der Waals surface area contributed by atoms with Crippen molar-refractivity contribution in [3.8, 4) is 5.75 Å². The van der Waals surface area contributed by atoms with Crippen LogP contribution < -0.4 is 4.74 Å². The fourth-order valence-corrected chi connectivity index (χ4v) is 4.13. The van der Waals surface area contributed by atoms with Crippen LogP contribution >= 0.6 is 11.6 Å². The Kier molecular flexibility index (Phi) is 4.40. The molecule has 2 atom stereocenters. The summed E-state index contributed by atoms with van der Waals surface area (Å²) in [7, 11) is 1.69. The number of hydrazone groups is 1. The minimum Gasteiger partial charge on any atom is -0.497 e. The van der Waals surface area contributed by atoms with E-state index in [4.69, 9.17) is 21.4 Å². The molecular formula is C20H21ClN2O2. The topological polar surface area (TPSA) is 45.1 Å². The molecule has 0 saturated heterocycles. The number of aliphatic hydroxyl groups is 1. The van der Waals surface area contributed by atoms with Gasteiger partial charge in [0, 0.05) is 16.5 Å². The van der Waals surface area contributed by atoms with Crippen LogP contribution in [0.25, 0.3) is 0 Å². The molecule has 1 heterocycles. The molecule has 1 aliphatic heterocycles. The summed E-state index contributed by atoms with van der Waals surface area (Å²) >= 11 is 6.05. The number of ether oxygens (including phenoxy) is 1. The summed E-state index contributed by atoms with van der Waals surface area (Å²) in [6, 6.07) is 14.4. The Morgan fingerprint density at radius 2 is 2.04 bits per heavy atom. The van der Waals surface area contributed by atoms with Crippen molar-refractivity contribution in [2.45, 2.75) is 18.9 Å². The number of halogens is 1. The first-order valence-electron chi connectivity index (χ1n) is 8.60. The molecule has 25 heavy (non-hydrogen) atoms. The molecule has 130 valence electrons. The average molecular weight is 357 g/mol. The summed E-state index contributed by atoms with van der Waals surface area (Å²) in [6.07, 6.45) is 2.04. The second-order valence-corrected chi connectivity index (χ2v) is 6.97. The Balaban J connectivity index is 1.73. The number of β-amino-alcohol motifs (C(OH)–C–C–N with tert-alkyl or cyclic N) is 1. The van der Waals surface area contributed by atoms with Gasteiger partial charge in [-0.3, -0.25) is 5.01 Å². The van der Waals surface area contributed by atoms with Crippen molar-refractivity contribution in [3.05, 3.63) is 64.2 Å². The van der Waals surface area contributed by atoms with E-state index >= 15 is 0 Å².